The minimum atomic E-state index is 0.116. The Hall–Kier alpha value is -2.55. The molecule has 0 aliphatic carbocycles. The van der Waals surface area contributed by atoms with Gasteiger partial charge in [0.05, 0.1) is 12.3 Å². The molecule has 0 radical (unpaired) electrons. The van der Waals surface area contributed by atoms with E-state index in [9.17, 15) is 0 Å². The van der Waals surface area contributed by atoms with Crippen LogP contribution in [-0.4, -0.2) is 21.4 Å². The molecule has 0 saturated carbocycles. The predicted molar refractivity (Wildman–Crippen MR) is 61.7 cm³/mol. The van der Waals surface area contributed by atoms with Crippen molar-refractivity contribution in [1.29, 1.82) is 5.26 Å². The molecule has 2 rings (SSSR count). The van der Waals surface area contributed by atoms with Gasteiger partial charge in [-0.15, -0.1) is 5.10 Å². The number of ether oxygens (including phenoxy) is 1. The third kappa shape index (κ3) is 2.34. The van der Waals surface area contributed by atoms with Crippen molar-refractivity contribution in [3.8, 4) is 17.5 Å². The molecule has 0 saturated heterocycles. The van der Waals surface area contributed by atoms with Crippen LogP contribution in [0, 0.1) is 11.3 Å². The summed E-state index contributed by atoms with van der Waals surface area (Å²) in [5.74, 6) is 0.780. The van der Waals surface area contributed by atoms with E-state index in [1.165, 1.54) is 11.0 Å². The molecule has 6 heteroatoms. The summed E-state index contributed by atoms with van der Waals surface area (Å²) in [6.07, 6.45) is 1.46. The number of anilines is 1. The van der Waals surface area contributed by atoms with E-state index in [-0.39, 0.29) is 5.82 Å². The van der Waals surface area contributed by atoms with Crippen LogP contribution < -0.4 is 10.5 Å². The second-order valence-corrected chi connectivity index (χ2v) is 3.32. The van der Waals surface area contributed by atoms with Crippen molar-refractivity contribution in [3.05, 3.63) is 30.4 Å². The molecule has 6 nitrogen and oxygen atoms in total. The Bertz CT molecular complexity index is 569. The summed E-state index contributed by atoms with van der Waals surface area (Å²) in [4.78, 5) is 3.83. The van der Waals surface area contributed by atoms with E-state index < -0.39 is 0 Å². The Morgan fingerprint density at radius 3 is 2.94 bits per heavy atom. The number of nitrogen functional groups attached to an aromatic ring is 1. The van der Waals surface area contributed by atoms with Gasteiger partial charge in [0.1, 0.15) is 18.1 Å². The zero-order valence-corrected chi connectivity index (χ0v) is 9.29. The van der Waals surface area contributed by atoms with Gasteiger partial charge in [0, 0.05) is 17.8 Å². The maximum Gasteiger partial charge on any atom is 0.252 e. The van der Waals surface area contributed by atoms with Gasteiger partial charge in [-0.1, -0.05) is 0 Å². The topological polar surface area (TPSA) is 89.8 Å². The third-order valence-corrected chi connectivity index (χ3v) is 2.08. The molecular weight excluding hydrogens is 218 g/mol. The van der Waals surface area contributed by atoms with Gasteiger partial charge in [-0.25, -0.2) is 9.67 Å². The van der Waals surface area contributed by atoms with E-state index in [0.29, 0.717) is 23.7 Å². The first kappa shape index (κ1) is 11.0. The van der Waals surface area contributed by atoms with E-state index in [1.54, 1.807) is 18.2 Å². The largest absolute Gasteiger partial charge is 0.494 e. The van der Waals surface area contributed by atoms with Gasteiger partial charge in [-0.3, -0.25) is 0 Å². The van der Waals surface area contributed by atoms with Gasteiger partial charge in [-0.2, -0.15) is 5.26 Å². The highest BCUT2D eigenvalue weighted by Crippen LogP contribution is 2.21. The lowest BCUT2D eigenvalue weighted by atomic mass is 10.2. The summed E-state index contributed by atoms with van der Waals surface area (Å²) >= 11 is 0. The third-order valence-electron chi connectivity index (χ3n) is 2.08. The predicted octanol–water partition coefficient (Wildman–Crippen LogP) is 1.12. The number of rotatable bonds is 3. The zero-order chi connectivity index (χ0) is 12.3. The van der Waals surface area contributed by atoms with E-state index in [1.807, 2.05) is 13.0 Å². The van der Waals surface area contributed by atoms with Crippen LogP contribution in [0.25, 0.3) is 5.69 Å². The molecule has 1 heterocycles. The molecule has 0 fully saturated rings. The van der Waals surface area contributed by atoms with Crippen LogP contribution in [-0.2, 0) is 0 Å². The first-order valence-corrected chi connectivity index (χ1v) is 5.08. The highest BCUT2D eigenvalue weighted by molar-refractivity contribution is 5.53. The molecule has 1 aromatic carbocycles. The summed E-state index contributed by atoms with van der Waals surface area (Å²) in [6.45, 7) is 2.45. The maximum absolute atomic E-state index is 8.65. The van der Waals surface area contributed by atoms with Gasteiger partial charge in [0.2, 0.25) is 0 Å². The van der Waals surface area contributed by atoms with Crippen LogP contribution in [0.4, 0.5) is 5.69 Å². The second kappa shape index (κ2) is 4.53. The lowest BCUT2D eigenvalue weighted by molar-refractivity contribution is 0.340. The van der Waals surface area contributed by atoms with Crippen molar-refractivity contribution >= 4 is 5.69 Å². The average Bonchev–Trinajstić information content (AvgIpc) is 2.77. The highest BCUT2D eigenvalue weighted by atomic mass is 16.5. The number of nitriles is 1. The van der Waals surface area contributed by atoms with Crippen molar-refractivity contribution < 1.29 is 4.74 Å². The summed E-state index contributed by atoms with van der Waals surface area (Å²) in [5.41, 5.74) is 7.04. The highest BCUT2D eigenvalue weighted by Gasteiger charge is 2.05. The summed E-state index contributed by atoms with van der Waals surface area (Å²) in [6, 6.07) is 7.12. The van der Waals surface area contributed by atoms with Crippen LogP contribution >= 0.6 is 0 Å². The smallest absolute Gasteiger partial charge is 0.252 e. The van der Waals surface area contributed by atoms with Crippen LogP contribution in [0.3, 0.4) is 0 Å². The molecule has 0 spiro atoms. The number of aromatic nitrogens is 3. The van der Waals surface area contributed by atoms with Gasteiger partial charge < -0.3 is 10.5 Å². The van der Waals surface area contributed by atoms with Crippen molar-refractivity contribution in [2.24, 2.45) is 0 Å². The average molecular weight is 229 g/mol. The monoisotopic (exact) mass is 229 g/mol. The number of hydrogen-bond donors (Lipinski definition) is 1. The molecule has 0 aliphatic rings. The summed E-state index contributed by atoms with van der Waals surface area (Å²) in [7, 11) is 0. The Kier molecular flexibility index (Phi) is 2.92. The normalized spacial score (nSPS) is 9.88. The fraction of sp³-hybridized carbons (Fsp3) is 0.182. The number of nitrogens with zero attached hydrogens (tertiary/aromatic N) is 4. The van der Waals surface area contributed by atoms with Crippen molar-refractivity contribution in [2.45, 2.75) is 6.92 Å². The fourth-order valence-electron chi connectivity index (χ4n) is 1.43. The Morgan fingerprint density at radius 2 is 2.29 bits per heavy atom. The molecule has 86 valence electrons. The van der Waals surface area contributed by atoms with Gasteiger partial charge in [0.25, 0.3) is 5.82 Å². The molecule has 1 aromatic heterocycles. The molecule has 2 aromatic rings. The van der Waals surface area contributed by atoms with Crippen molar-refractivity contribution in [2.75, 3.05) is 12.3 Å². The molecule has 0 unspecified atom stereocenters. The van der Waals surface area contributed by atoms with E-state index in [0.717, 1.165) is 0 Å². The Balaban J connectivity index is 2.41. The second-order valence-electron chi connectivity index (χ2n) is 3.32. The van der Waals surface area contributed by atoms with Crippen molar-refractivity contribution in [3.63, 3.8) is 0 Å². The Labute approximate surface area is 98.3 Å². The fourth-order valence-corrected chi connectivity index (χ4v) is 1.43. The molecule has 0 aliphatic heterocycles. The maximum atomic E-state index is 8.65. The minimum Gasteiger partial charge on any atom is -0.494 e. The van der Waals surface area contributed by atoms with Gasteiger partial charge >= 0.3 is 0 Å². The number of hydrogen-bond acceptors (Lipinski definition) is 5. The van der Waals surface area contributed by atoms with E-state index >= 15 is 0 Å². The standard InChI is InChI=1S/C11H11N5O/c1-2-17-10-4-8(13)3-9(5-10)16-7-14-11(6-12)15-16/h3-5,7H,2,13H2,1H3. The number of benzene rings is 1. The van der Waals surface area contributed by atoms with Crippen LogP contribution in [0.2, 0.25) is 0 Å². The first-order valence-electron chi connectivity index (χ1n) is 5.08. The van der Waals surface area contributed by atoms with Crippen LogP contribution in [0.5, 0.6) is 5.75 Å². The number of nitrogens with two attached hydrogens (primary N) is 1. The zero-order valence-electron chi connectivity index (χ0n) is 9.29. The van der Waals surface area contributed by atoms with Gasteiger partial charge in [-0.05, 0) is 13.0 Å². The van der Waals surface area contributed by atoms with Crippen LogP contribution in [0.1, 0.15) is 12.7 Å². The molecular formula is C11H11N5O. The van der Waals surface area contributed by atoms with Crippen molar-refractivity contribution in [1.82, 2.24) is 14.8 Å². The van der Waals surface area contributed by atoms with Crippen LogP contribution in [0.15, 0.2) is 24.5 Å². The molecule has 0 atom stereocenters. The molecule has 0 bridgehead atoms. The lowest BCUT2D eigenvalue weighted by Gasteiger charge is -2.07. The summed E-state index contributed by atoms with van der Waals surface area (Å²) in [5, 5.41) is 12.6. The lowest BCUT2D eigenvalue weighted by Crippen LogP contribution is -1.99. The quantitative estimate of drug-likeness (QED) is 0.796. The Morgan fingerprint density at radius 1 is 1.47 bits per heavy atom. The first-order chi connectivity index (χ1) is 8.22. The van der Waals surface area contributed by atoms with Gasteiger partial charge in [0.15, 0.2) is 0 Å². The van der Waals surface area contributed by atoms with E-state index in [4.69, 9.17) is 15.7 Å². The molecule has 0 amide bonds. The van der Waals surface area contributed by atoms with E-state index in [2.05, 4.69) is 10.1 Å². The molecule has 2 N–H and O–H groups in total. The SMILES string of the molecule is CCOc1cc(N)cc(-n2cnc(C#N)n2)c1. The minimum absolute atomic E-state index is 0.116. The molecule has 17 heavy (non-hydrogen) atoms. The summed E-state index contributed by atoms with van der Waals surface area (Å²) < 4.78 is 6.86.